The molecule has 0 aliphatic heterocycles. The molecule has 1 unspecified atom stereocenters. The van der Waals surface area contributed by atoms with Gasteiger partial charge in [-0.2, -0.15) is 5.10 Å². The molecule has 178 valence electrons. The highest BCUT2D eigenvalue weighted by Gasteiger charge is 2.15. The predicted molar refractivity (Wildman–Crippen MR) is 136 cm³/mol. The molecule has 35 heavy (non-hydrogen) atoms. The lowest BCUT2D eigenvalue weighted by molar-refractivity contribution is -0.117. The average molecular weight is 469 g/mol. The Bertz CT molecular complexity index is 1300. The number of hydrogen-bond acceptors (Lipinski definition) is 5. The number of nitrogens with one attached hydrogen (secondary N) is 1. The molecule has 2 heterocycles. The van der Waals surface area contributed by atoms with Gasteiger partial charge in [-0.25, -0.2) is 0 Å². The molecule has 7 nitrogen and oxygen atoms in total. The van der Waals surface area contributed by atoms with E-state index < -0.39 is 0 Å². The molecule has 0 bridgehead atoms. The zero-order valence-electron chi connectivity index (χ0n) is 20.0. The number of rotatable bonds is 9. The summed E-state index contributed by atoms with van der Waals surface area (Å²) in [4.78, 5) is 17.0. The summed E-state index contributed by atoms with van der Waals surface area (Å²) in [7, 11) is 3.20. The maximum atomic E-state index is 12.8. The summed E-state index contributed by atoms with van der Waals surface area (Å²) in [5.74, 6) is 1.13. The minimum atomic E-state index is -0.258. The van der Waals surface area contributed by atoms with Gasteiger partial charge in [-0.3, -0.25) is 14.5 Å². The number of carbonyl (C=O) groups excluding carboxylic acids is 1. The molecule has 0 fully saturated rings. The Labute approximate surface area is 205 Å². The van der Waals surface area contributed by atoms with Crippen LogP contribution in [0.2, 0.25) is 0 Å². The minimum Gasteiger partial charge on any atom is -0.497 e. The molecule has 7 heteroatoms. The maximum Gasteiger partial charge on any atom is 0.244 e. The van der Waals surface area contributed by atoms with Crippen molar-refractivity contribution in [1.82, 2.24) is 20.1 Å². The molecule has 1 N–H and O–H groups in total. The molecule has 4 aromatic rings. The van der Waals surface area contributed by atoms with E-state index in [9.17, 15) is 4.79 Å². The molecule has 0 aliphatic carbocycles. The Balaban J connectivity index is 1.54. The summed E-state index contributed by atoms with van der Waals surface area (Å²) >= 11 is 0. The molecular formula is C28H28N4O3. The number of carbonyl (C=O) groups is 1. The van der Waals surface area contributed by atoms with Crippen molar-refractivity contribution in [3.05, 3.63) is 102 Å². The van der Waals surface area contributed by atoms with Gasteiger partial charge in [0.15, 0.2) is 0 Å². The lowest BCUT2D eigenvalue weighted by Crippen LogP contribution is -2.25. The fourth-order valence-electron chi connectivity index (χ4n) is 3.82. The normalized spacial score (nSPS) is 11.9. The first kappa shape index (κ1) is 23.8. The summed E-state index contributed by atoms with van der Waals surface area (Å²) in [6.07, 6.45) is 8.74. The molecule has 1 atom stereocenters. The van der Waals surface area contributed by atoms with Crippen molar-refractivity contribution >= 4 is 12.0 Å². The molecule has 1 amide bonds. The van der Waals surface area contributed by atoms with Crippen LogP contribution in [0.1, 0.15) is 29.7 Å². The summed E-state index contributed by atoms with van der Waals surface area (Å²) in [6.45, 7) is 2.54. The number of nitrogens with zero attached hydrogens (tertiary/aromatic N) is 3. The van der Waals surface area contributed by atoms with Crippen LogP contribution in [-0.2, 0) is 11.3 Å². The van der Waals surface area contributed by atoms with Crippen LogP contribution in [0.25, 0.3) is 17.3 Å². The van der Waals surface area contributed by atoms with Gasteiger partial charge in [0.2, 0.25) is 5.91 Å². The lowest BCUT2D eigenvalue weighted by atomic mass is 10.1. The van der Waals surface area contributed by atoms with Gasteiger partial charge >= 0.3 is 0 Å². The first-order valence-electron chi connectivity index (χ1n) is 11.3. The minimum absolute atomic E-state index is 0.219. The van der Waals surface area contributed by atoms with Crippen LogP contribution in [0, 0.1) is 0 Å². The zero-order valence-corrected chi connectivity index (χ0v) is 20.0. The molecule has 0 aliphatic rings. The van der Waals surface area contributed by atoms with Crippen molar-refractivity contribution in [3.63, 3.8) is 0 Å². The highest BCUT2D eigenvalue weighted by atomic mass is 16.5. The molecule has 0 saturated heterocycles. The Morgan fingerprint density at radius 3 is 2.63 bits per heavy atom. The van der Waals surface area contributed by atoms with Crippen LogP contribution >= 0.6 is 0 Å². The van der Waals surface area contributed by atoms with Gasteiger partial charge in [0, 0.05) is 47.4 Å². The van der Waals surface area contributed by atoms with E-state index in [4.69, 9.17) is 14.6 Å². The van der Waals surface area contributed by atoms with Crippen molar-refractivity contribution in [3.8, 4) is 22.8 Å². The second-order valence-electron chi connectivity index (χ2n) is 8.03. The molecule has 0 saturated carbocycles. The number of amides is 1. The van der Waals surface area contributed by atoms with Gasteiger partial charge in [-0.15, -0.1) is 0 Å². The van der Waals surface area contributed by atoms with Crippen molar-refractivity contribution in [1.29, 1.82) is 0 Å². The van der Waals surface area contributed by atoms with E-state index in [1.807, 2.05) is 60.3 Å². The Morgan fingerprint density at radius 1 is 1.09 bits per heavy atom. The van der Waals surface area contributed by atoms with Crippen molar-refractivity contribution < 1.29 is 14.3 Å². The van der Waals surface area contributed by atoms with Gasteiger partial charge in [-0.1, -0.05) is 30.3 Å². The van der Waals surface area contributed by atoms with E-state index in [2.05, 4.69) is 22.4 Å². The third kappa shape index (κ3) is 5.95. The van der Waals surface area contributed by atoms with E-state index in [0.717, 1.165) is 27.9 Å². The van der Waals surface area contributed by atoms with E-state index >= 15 is 0 Å². The number of benzene rings is 2. The Kier molecular flexibility index (Phi) is 7.57. The van der Waals surface area contributed by atoms with E-state index in [1.165, 1.54) is 6.08 Å². The summed E-state index contributed by atoms with van der Waals surface area (Å²) in [6, 6.07) is 19.2. The topological polar surface area (TPSA) is 78.3 Å². The standard InChI is InChI=1S/C28H28N4O3/c1-20(25-13-12-24(34-2)16-26(25)35-3)30-27(33)14-11-23-19-32(18-21-8-5-4-6-9-21)31-28(23)22-10-7-15-29-17-22/h4-17,19-20H,18H2,1-3H3,(H,30,33)/b14-11+. The van der Waals surface area contributed by atoms with Gasteiger partial charge in [0.1, 0.15) is 17.2 Å². The molecular weight excluding hydrogens is 440 g/mol. The van der Waals surface area contributed by atoms with Gasteiger partial charge in [0.05, 0.1) is 26.8 Å². The molecule has 0 spiro atoms. The highest BCUT2D eigenvalue weighted by Crippen LogP contribution is 2.29. The Morgan fingerprint density at radius 2 is 1.91 bits per heavy atom. The van der Waals surface area contributed by atoms with Crippen LogP contribution in [0.4, 0.5) is 0 Å². The number of hydrogen-bond donors (Lipinski definition) is 1. The lowest BCUT2D eigenvalue weighted by Gasteiger charge is -2.17. The van der Waals surface area contributed by atoms with E-state index in [-0.39, 0.29) is 11.9 Å². The fraction of sp³-hybridized carbons (Fsp3) is 0.179. The Hall–Kier alpha value is -4.39. The van der Waals surface area contributed by atoms with Crippen LogP contribution in [-0.4, -0.2) is 34.9 Å². The highest BCUT2D eigenvalue weighted by molar-refractivity contribution is 5.93. The third-order valence-electron chi connectivity index (χ3n) is 5.59. The van der Waals surface area contributed by atoms with Crippen LogP contribution in [0.15, 0.2) is 85.3 Å². The fourth-order valence-corrected chi connectivity index (χ4v) is 3.82. The number of methoxy groups -OCH3 is 2. The van der Waals surface area contributed by atoms with E-state index in [0.29, 0.717) is 18.0 Å². The largest absolute Gasteiger partial charge is 0.497 e. The summed E-state index contributed by atoms with van der Waals surface area (Å²) in [5, 5.41) is 7.76. The third-order valence-corrected chi connectivity index (χ3v) is 5.59. The van der Waals surface area contributed by atoms with Crippen molar-refractivity contribution in [2.24, 2.45) is 0 Å². The predicted octanol–water partition coefficient (Wildman–Crippen LogP) is 4.90. The van der Waals surface area contributed by atoms with Crippen molar-refractivity contribution in [2.45, 2.75) is 19.5 Å². The maximum absolute atomic E-state index is 12.8. The second-order valence-corrected chi connectivity index (χ2v) is 8.03. The second kappa shape index (κ2) is 11.2. The monoisotopic (exact) mass is 468 g/mol. The zero-order chi connectivity index (χ0) is 24.6. The molecule has 2 aromatic heterocycles. The average Bonchev–Trinajstić information content (AvgIpc) is 3.30. The number of ether oxygens (including phenoxy) is 2. The SMILES string of the molecule is COc1ccc(C(C)NC(=O)/C=C/c2cn(Cc3ccccc3)nc2-c2cccnc2)c(OC)c1. The van der Waals surface area contributed by atoms with Crippen LogP contribution < -0.4 is 14.8 Å². The quantitative estimate of drug-likeness (QED) is 0.354. The molecule has 4 rings (SSSR count). The first-order chi connectivity index (χ1) is 17.1. The van der Waals surface area contributed by atoms with Gasteiger partial charge in [-0.05, 0) is 42.8 Å². The summed E-state index contributed by atoms with van der Waals surface area (Å²) in [5.41, 5.74) is 4.49. The van der Waals surface area contributed by atoms with Crippen LogP contribution in [0.3, 0.4) is 0 Å². The van der Waals surface area contributed by atoms with Gasteiger partial charge < -0.3 is 14.8 Å². The van der Waals surface area contributed by atoms with E-state index in [1.54, 1.807) is 38.8 Å². The summed E-state index contributed by atoms with van der Waals surface area (Å²) < 4.78 is 12.6. The first-order valence-corrected chi connectivity index (χ1v) is 11.3. The number of pyridine rings is 1. The number of aromatic nitrogens is 3. The van der Waals surface area contributed by atoms with Crippen molar-refractivity contribution in [2.75, 3.05) is 14.2 Å². The smallest absolute Gasteiger partial charge is 0.244 e. The van der Waals surface area contributed by atoms with Gasteiger partial charge in [0.25, 0.3) is 0 Å². The molecule has 0 radical (unpaired) electrons. The molecule has 2 aromatic carbocycles. The van der Waals surface area contributed by atoms with Crippen LogP contribution in [0.5, 0.6) is 11.5 Å².